The summed E-state index contributed by atoms with van der Waals surface area (Å²) in [4.78, 5) is 0. The number of benzene rings is 1. The molecule has 94 valence electrons. The van der Waals surface area contributed by atoms with E-state index >= 15 is 0 Å². The van der Waals surface area contributed by atoms with E-state index < -0.39 is 11.7 Å². The Morgan fingerprint density at radius 2 is 2.00 bits per heavy atom. The molecule has 4 heteroatoms. The van der Waals surface area contributed by atoms with Gasteiger partial charge in [-0.05, 0) is 38.0 Å². The first-order valence-electron chi connectivity index (χ1n) is 5.37. The van der Waals surface area contributed by atoms with Crippen LogP contribution in [-0.4, -0.2) is 6.54 Å². The predicted molar refractivity (Wildman–Crippen MR) is 64.1 cm³/mol. The van der Waals surface area contributed by atoms with Crippen molar-refractivity contribution in [3.05, 3.63) is 41.5 Å². The maximum Gasteiger partial charge on any atom is 0.416 e. The number of hydrogen-bond acceptors (Lipinski definition) is 1. The third kappa shape index (κ3) is 4.13. The SMILES string of the molecule is C=C(C)CCNc1ccc(C)c(C(F)(F)F)c1. The first kappa shape index (κ1) is 13.6. The van der Waals surface area contributed by atoms with Crippen LogP contribution in [0.5, 0.6) is 0 Å². The fourth-order valence-electron chi connectivity index (χ4n) is 1.46. The van der Waals surface area contributed by atoms with Gasteiger partial charge < -0.3 is 5.32 Å². The predicted octanol–water partition coefficient (Wildman–Crippen LogP) is 4.39. The summed E-state index contributed by atoms with van der Waals surface area (Å²) in [6.45, 7) is 7.68. The zero-order chi connectivity index (χ0) is 13.1. The molecule has 0 amide bonds. The van der Waals surface area contributed by atoms with Crippen molar-refractivity contribution in [3.63, 3.8) is 0 Å². The van der Waals surface area contributed by atoms with E-state index in [-0.39, 0.29) is 5.56 Å². The summed E-state index contributed by atoms with van der Waals surface area (Å²) in [5.41, 5.74) is 1.14. The van der Waals surface area contributed by atoms with Crippen molar-refractivity contribution in [1.29, 1.82) is 0 Å². The lowest BCUT2D eigenvalue weighted by atomic mass is 10.1. The van der Waals surface area contributed by atoms with E-state index in [1.165, 1.54) is 13.0 Å². The Labute approximate surface area is 99.3 Å². The summed E-state index contributed by atoms with van der Waals surface area (Å²) in [6, 6.07) is 4.28. The number of alkyl halides is 3. The normalized spacial score (nSPS) is 11.4. The Morgan fingerprint density at radius 3 is 2.53 bits per heavy atom. The standard InChI is InChI=1S/C13H16F3N/c1-9(2)6-7-17-11-5-4-10(3)12(8-11)13(14,15)16/h4-5,8,17H,1,6-7H2,2-3H3. The van der Waals surface area contributed by atoms with Crippen molar-refractivity contribution in [2.75, 3.05) is 11.9 Å². The van der Waals surface area contributed by atoms with E-state index in [0.29, 0.717) is 12.2 Å². The van der Waals surface area contributed by atoms with Gasteiger partial charge in [0.1, 0.15) is 0 Å². The first-order chi connectivity index (χ1) is 7.80. The topological polar surface area (TPSA) is 12.0 Å². The van der Waals surface area contributed by atoms with Crippen LogP contribution in [0, 0.1) is 6.92 Å². The highest BCUT2D eigenvalue weighted by Gasteiger charge is 2.32. The van der Waals surface area contributed by atoms with Crippen LogP contribution < -0.4 is 5.32 Å². The molecule has 0 spiro atoms. The van der Waals surface area contributed by atoms with Gasteiger partial charge in [0.2, 0.25) is 0 Å². The van der Waals surface area contributed by atoms with Crippen molar-refractivity contribution in [3.8, 4) is 0 Å². The summed E-state index contributed by atoms with van der Waals surface area (Å²) in [7, 11) is 0. The van der Waals surface area contributed by atoms with Gasteiger partial charge in [-0.25, -0.2) is 0 Å². The molecule has 0 atom stereocenters. The molecule has 0 saturated heterocycles. The molecule has 1 aromatic rings. The molecule has 0 fully saturated rings. The van der Waals surface area contributed by atoms with Crippen molar-refractivity contribution in [2.24, 2.45) is 0 Å². The van der Waals surface area contributed by atoms with Gasteiger partial charge in [-0.1, -0.05) is 11.6 Å². The zero-order valence-electron chi connectivity index (χ0n) is 9.99. The molecule has 1 rings (SSSR count). The average molecular weight is 243 g/mol. The van der Waals surface area contributed by atoms with E-state index in [9.17, 15) is 13.2 Å². The maximum absolute atomic E-state index is 12.6. The molecule has 0 heterocycles. The number of halogens is 3. The number of rotatable bonds is 4. The van der Waals surface area contributed by atoms with Gasteiger partial charge in [0.25, 0.3) is 0 Å². The summed E-state index contributed by atoms with van der Waals surface area (Å²) >= 11 is 0. The van der Waals surface area contributed by atoms with E-state index in [2.05, 4.69) is 11.9 Å². The maximum atomic E-state index is 12.6. The Bertz CT molecular complexity index is 408. The fourth-order valence-corrected chi connectivity index (χ4v) is 1.46. The van der Waals surface area contributed by atoms with Crippen molar-refractivity contribution >= 4 is 5.69 Å². The van der Waals surface area contributed by atoms with Gasteiger partial charge in [-0.2, -0.15) is 13.2 Å². The molecule has 0 aromatic heterocycles. The number of hydrogen-bond donors (Lipinski definition) is 1. The van der Waals surface area contributed by atoms with Crippen LogP contribution in [-0.2, 0) is 6.18 Å². The third-order valence-corrected chi connectivity index (χ3v) is 2.42. The Hall–Kier alpha value is -1.45. The second kappa shape index (κ2) is 5.25. The van der Waals surface area contributed by atoms with E-state index in [1.807, 2.05) is 6.92 Å². The molecule has 1 nitrogen and oxygen atoms in total. The largest absolute Gasteiger partial charge is 0.416 e. The lowest BCUT2D eigenvalue weighted by Gasteiger charge is -2.13. The Balaban J connectivity index is 2.79. The molecular formula is C13H16F3N. The van der Waals surface area contributed by atoms with E-state index in [4.69, 9.17) is 0 Å². The first-order valence-corrected chi connectivity index (χ1v) is 5.37. The van der Waals surface area contributed by atoms with Gasteiger partial charge in [-0.3, -0.25) is 0 Å². The minimum absolute atomic E-state index is 0.239. The molecule has 17 heavy (non-hydrogen) atoms. The van der Waals surface area contributed by atoms with Gasteiger partial charge in [0, 0.05) is 12.2 Å². The quantitative estimate of drug-likeness (QED) is 0.773. The summed E-state index contributed by atoms with van der Waals surface area (Å²) in [5, 5.41) is 2.95. The minimum atomic E-state index is -4.30. The highest BCUT2D eigenvalue weighted by Crippen LogP contribution is 2.33. The van der Waals surface area contributed by atoms with E-state index in [0.717, 1.165) is 18.1 Å². The second-order valence-electron chi connectivity index (χ2n) is 4.16. The highest BCUT2D eigenvalue weighted by molar-refractivity contribution is 5.49. The molecule has 0 saturated carbocycles. The summed E-state index contributed by atoms with van der Waals surface area (Å²) in [5.74, 6) is 0. The monoisotopic (exact) mass is 243 g/mol. The number of aryl methyl sites for hydroxylation is 1. The van der Waals surface area contributed by atoms with E-state index in [1.54, 1.807) is 6.07 Å². The van der Waals surface area contributed by atoms with Crippen LogP contribution in [0.25, 0.3) is 0 Å². The van der Waals surface area contributed by atoms with Crippen LogP contribution in [0.15, 0.2) is 30.4 Å². The fraction of sp³-hybridized carbons (Fsp3) is 0.385. The second-order valence-corrected chi connectivity index (χ2v) is 4.16. The molecule has 1 aromatic carbocycles. The molecule has 0 aliphatic rings. The van der Waals surface area contributed by atoms with Gasteiger partial charge in [0.05, 0.1) is 5.56 Å². The molecular weight excluding hydrogens is 227 g/mol. The van der Waals surface area contributed by atoms with Crippen molar-refractivity contribution in [1.82, 2.24) is 0 Å². The van der Waals surface area contributed by atoms with Crippen molar-refractivity contribution in [2.45, 2.75) is 26.4 Å². The summed E-state index contributed by atoms with van der Waals surface area (Å²) < 4.78 is 37.9. The van der Waals surface area contributed by atoms with Gasteiger partial charge in [-0.15, -0.1) is 6.58 Å². The third-order valence-electron chi connectivity index (χ3n) is 2.42. The molecule has 0 aliphatic heterocycles. The molecule has 0 bridgehead atoms. The smallest absolute Gasteiger partial charge is 0.385 e. The van der Waals surface area contributed by atoms with Crippen LogP contribution in [0.3, 0.4) is 0 Å². The molecule has 0 aliphatic carbocycles. The zero-order valence-corrected chi connectivity index (χ0v) is 9.99. The number of anilines is 1. The average Bonchev–Trinajstić information content (AvgIpc) is 2.18. The van der Waals surface area contributed by atoms with Crippen LogP contribution >= 0.6 is 0 Å². The Morgan fingerprint density at radius 1 is 1.35 bits per heavy atom. The van der Waals surface area contributed by atoms with Gasteiger partial charge >= 0.3 is 6.18 Å². The molecule has 0 unspecified atom stereocenters. The molecule has 1 N–H and O–H groups in total. The Kier molecular flexibility index (Phi) is 4.21. The minimum Gasteiger partial charge on any atom is -0.385 e. The van der Waals surface area contributed by atoms with Crippen LogP contribution in [0.1, 0.15) is 24.5 Å². The van der Waals surface area contributed by atoms with Crippen molar-refractivity contribution < 1.29 is 13.2 Å². The highest BCUT2D eigenvalue weighted by atomic mass is 19.4. The summed E-state index contributed by atoms with van der Waals surface area (Å²) in [6.07, 6.45) is -3.55. The lowest BCUT2D eigenvalue weighted by molar-refractivity contribution is -0.138. The molecule has 0 radical (unpaired) electrons. The lowest BCUT2D eigenvalue weighted by Crippen LogP contribution is -2.09. The van der Waals surface area contributed by atoms with Gasteiger partial charge in [0.15, 0.2) is 0 Å². The van der Waals surface area contributed by atoms with Crippen LogP contribution in [0.4, 0.5) is 18.9 Å². The number of nitrogens with one attached hydrogen (secondary N) is 1. The van der Waals surface area contributed by atoms with Crippen LogP contribution in [0.2, 0.25) is 0 Å².